The number of aromatic nitrogens is 4. The van der Waals surface area contributed by atoms with Crippen LogP contribution in [0.5, 0.6) is 17.4 Å². The topological polar surface area (TPSA) is 132 Å². The van der Waals surface area contributed by atoms with Gasteiger partial charge in [0, 0.05) is 18.3 Å². The van der Waals surface area contributed by atoms with Crippen LogP contribution in [0, 0.1) is 0 Å². The molecule has 3 aromatic heterocycles. The molecular weight excluding hydrogens is 536 g/mol. The van der Waals surface area contributed by atoms with Gasteiger partial charge in [0.25, 0.3) is 5.88 Å². The molecule has 0 saturated carbocycles. The maximum Gasteiger partial charge on any atom is 0.347 e. The van der Waals surface area contributed by atoms with Gasteiger partial charge in [0.15, 0.2) is 17.2 Å². The van der Waals surface area contributed by atoms with E-state index >= 15 is 0 Å². The number of nitrogens with zero attached hydrogens (tertiary/aromatic N) is 5. The number of carbonyl (C=O) groups is 1. The molecule has 1 unspecified atom stereocenters. The van der Waals surface area contributed by atoms with E-state index in [-0.39, 0.29) is 6.10 Å². The lowest BCUT2D eigenvalue weighted by molar-refractivity contribution is -0.152. The van der Waals surface area contributed by atoms with Crippen LogP contribution >= 0.6 is 0 Å². The average Bonchev–Trinajstić information content (AvgIpc) is 2.99. The summed E-state index contributed by atoms with van der Waals surface area (Å²) in [5.74, 6) is 2.51. The van der Waals surface area contributed by atoms with Crippen molar-refractivity contribution in [2.45, 2.75) is 45.3 Å². The average molecular weight is 571 g/mol. The molecule has 1 aliphatic rings. The van der Waals surface area contributed by atoms with Crippen LogP contribution in [-0.2, 0) is 4.79 Å². The normalized spacial score (nSPS) is 15.1. The second-order valence-corrected chi connectivity index (χ2v) is 10.3. The van der Waals surface area contributed by atoms with Gasteiger partial charge in [0.1, 0.15) is 23.5 Å². The Morgan fingerprint density at radius 1 is 1.07 bits per heavy atom. The van der Waals surface area contributed by atoms with E-state index in [9.17, 15) is 9.90 Å². The van der Waals surface area contributed by atoms with Gasteiger partial charge in [-0.15, -0.1) is 0 Å². The molecule has 11 nitrogen and oxygen atoms in total. The summed E-state index contributed by atoms with van der Waals surface area (Å²) < 4.78 is 17.5. The fourth-order valence-electron chi connectivity index (χ4n) is 4.53. The summed E-state index contributed by atoms with van der Waals surface area (Å²) in [6.45, 7) is 6.99. The van der Waals surface area contributed by atoms with E-state index < -0.39 is 11.6 Å². The molecule has 1 fully saturated rings. The van der Waals surface area contributed by atoms with Crippen molar-refractivity contribution in [3.63, 3.8) is 0 Å². The maximum absolute atomic E-state index is 11.4. The van der Waals surface area contributed by atoms with Gasteiger partial charge in [0.05, 0.1) is 31.2 Å². The van der Waals surface area contributed by atoms with Gasteiger partial charge in [0.2, 0.25) is 0 Å². The number of carboxylic acid groups (broad SMARTS) is 1. The van der Waals surface area contributed by atoms with Crippen molar-refractivity contribution in [3.05, 3.63) is 73.2 Å². The smallest absolute Gasteiger partial charge is 0.347 e. The second kappa shape index (κ2) is 12.7. The minimum atomic E-state index is -1.33. The SMILES string of the molecule is CCOc1cccnc1OC1CCCN(c2cncc(Nc3cccc(-c4ccc(OC(C)(C)C(=O)O)cc4)n3)n2)C1. The number of piperidine rings is 1. The van der Waals surface area contributed by atoms with Crippen molar-refractivity contribution in [2.24, 2.45) is 0 Å². The second-order valence-electron chi connectivity index (χ2n) is 10.3. The number of pyridine rings is 2. The molecule has 5 rings (SSSR count). The van der Waals surface area contributed by atoms with Crippen LogP contribution in [0.25, 0.3) is 11.3 Å². The van der Waals surface area contributed by atoms with Gasteiger partial charge < -0.3 is 29.5 Å². The van der Waals surface area contributed by atoms with Crippen molar-refractivity contribution in [1.29, 1.82) is 0 Å². The first-order valence-corrected chi connectivity index (χ1v) is 13.9. The number of carboxylic acids is 1. The monoisotopic (exact) mass is 570 g/mol. The Morgan fingerprint density at radius 2 is 1.90 bits per heavy atom. The van der Waals surface area contributed by atoms with Crippen molar-refractivity contribution in [3.8, 4) is 28.6 Å². The number of aliphatic carboxylic acids is 1. The molecule has 1 aromatic carbocycles. The molecule has 11 heteroatoms. The molecule has 218 valence electrons. The summed E-state index contributed by atoms with van der Waals surface area (Å²) in [6, 6.07) is 16.5. The summed E-state index contributed by atoms with van der Waals surface area (Å²) >= 11 is 0. The summed E-state index contributed by atoms with van der Waals surface area (Å²) in [6.07, 6.45) is 6.91. The van der Waals surface area contributed by atoms with Crippen LogP contribution in [0.2, 0.25) is 0 Å². The number of rotatable bonds is 11. The van der Waals surface area contributed by atoms with Gasteiger partial charge in [-0.25, -0.2) is 19.7 Å². The fraction of sp³-hybridized carbons (Fsp3) is 0.323. The molecule has 4 aromatic rings. The lowest BCUT2D eigenvalue weighted by Crippen LogP contribution is -2.41. The van der Waals surface area contributed by atoms with Gasteiger partial charge in [-0.3, -0.25) is 4.98 Å². The predicted molar refractivity (Wildman–Crippen MR) is 159 cm³/mol. The fourth-order valence-corrected chi connectivity index (χ4v) is 4.53. The predicted octanol–water partition coefficient (Wildman–Crippen LogP) is 5.37. The molecule has 0 spiro atoms. The Hall–Kier alpha value is -4.93. The van der Waals surface area contributed by atoms with E-state index in [1.54, 1.807) is 30.7 Å². The third kappa shape index (κ3) is 7.03. The minimum Gasteiger partial charge on any atom is -0.488 e. The van der Waals surface area contributed by atoms with Crippen LogP contribution in [0.1, 0.15) is 33.6 Å². The van der Waals surface area contributed by atoms with Gasteiger partial charge in [-0.2, -0.15) is 0 Å². The molecule has 2 N–H and O–H groups in total. The zero-order valence-electron chi connectivity index (χ0n) is 23.9. The molecule has 4 heterocycles. The van der Waals surface area contributed by atoms with Crippen LogP contribution in [-0.4, -0.2) is 62.4 Å². The highest BCUT2D eigenvalue weighted by Gasteiger charge is 2.29. The van der Waals surface area contributed by atoms with Gasteiger partial charge in [-0.05, 0) is 82.1 Å². The molecule has 42 heavy (non-hydrogen) atoms. The number of nitrogens with one attached hydrogen (secondary N) is 1. The Balaban J connectivity index is 1.25. The zero-order chi connectivity index (χ0) is 29.5. The summed E-state index contributed by atoms with van der Waals surface area (Å²) in [5.41, 5.74) is 0.275. The van der Waals surface area contributed by atoms with E-state index in [4.69, 9.17) is 24.2 Å². The van der Waals surface area contributed by atoms with Crippen molar-refractivity contribution in [2.75, 3.05) is 29.9 Å². The number of benzene rings is 1. The molecular formula is C31H34N6O5. The quantitative estimate of drug-likeness (QED) is 0.241. The summed E-state index contributed by atoms with van der Waals surface area (Å²) in [7, 11) is 0. The van der Waals surface area contributed by atoms with E-state index in [0.29, 0.717) is 42.2 Å². The number of ether oxygens (including phenoxy) is 3. The first kappa shape index (κ1) is 28.6. The van der Waals surface area contributed by atoms with Crippen molar-refractivity contribution >= 4 is 23.4 Å². The third-order valence-corrected chi connectivity index (χ3v) is 6.68. The van der Waals surface area contributed by atoms with Crippen LogP contribution in [0.15, 0.2) is 73.2 Å². The van der Waals surface area contributed by atoms with Crippen LogP contribution in [0.3, 0.4) is 0 Å². The third-order valence-electron chi connectivity index (χ3n) is 6.68. The largest absolute Gasteiger partial charge is 0.488 e. The zero-order valence-corrected chi connectivity index (χ0v) is 23.9. The first-order valence-electron chi connectivity index (χ1n) is 13.9. The molecule has 0 radical (unpaired) electrons. The van der Waals surface area contributed by atoms with Crippen molar-refractivity contribution < 1.29 is 24.1 Å². The minimum absolute atomic E-state index is 0.0587. The lowest BCUT2D eigenvalue weighted by atomic mass is 10.1. The van der Waals surface area contributed by atoms with Gasteiger partial charge >= 0.3 is 5.97 Å². The molecule has 1 atom stereocenters. The standard InChI is InChI=1S/C31H34N6O5/c1-4-40-25-10-6-16-33-29(25)41-23-8-7-17-37(20-23)28-19-32-18-27(36-28)35-26-11-5-9-24(34-26)21-12-14-22(15-13-21)42-31(2,3)30(38)39/h5-6,9-16,18-19,23H,4,7-8,17,20H2,1-3H3,(H,38,39)(H,34,35,36). The van der Waals surface area contributed by atoms with E-state index in [1.807, 2.05) is 49.4 Å². The summed E-state index contributed by atoms with van der Waals surface area (Å²) in [5, 5.41) is 12.6. The number of hydrogen-bond donors (Lipinski definition) is 2. The molecule has 0 bridgehead atoms. The Bertz CT molecular complexity index is 1510. The van der Waals surface area contributed by atoms with E-state index in [1.165, 1.54) is 13.8 Å². The Kier molecular flexibility index (Phi) is 8.66. The highest BCUT2D eigenvalue weighted by molar-refractivity contribution is 5.76. The molecule has 1 saturated heterocycles. The van der Waals surface area contributed by atoms with E-state index in [2.05, 4.69) is 20.2 Å². The Labute approximate surface area is 244 Å². The van der Waals surface area contributed by atoms with Crippen LogP contribution < -0.4 is 24.4 Å². The Morgan fingerprint density at radius 3 is 2.69 bits per heavy atom. The van der Waals surface area contributed by atoms with Crippen LogP contribution in [0.4, 0.5) is 17.5 Å². The first-order chi connectivity index (χ1) is 20.3. The highest BCUT2D eigenvalue weighted by Crippen LogP contribution is 2.29. The molecule has 1 aliphatic heterocycles. The van der Waals surface area contributed by atoms with Gasteiger partial charge in [-0.1, -0.05) is 6.07 Å². The number of anilines is 3. The molecule has 0 amide bonds. The maximum atomic E-state index is 11.4. The van der Waals surface area contributed by atoms with Crippen molar-refractivity contribution in [1.82, 2.24) is 19.9 Å². The number of hydrogen-bond acceptors (Lipinski definition) is 10. The summed E-state index contributed by atoms with van der Waals surface area (Å²) in [4.78, 5) is 31.8. The van der Waals surface area contributed by atoms with E-state index in [0.717, 1.165) is 36.5 Å². The highest BCUT2D eigenvalue weighted by atomic mass is 16.5. The lowest BCUT2D eigenvalue weighted by Gasteiger charge is -2.33. The molecule has 0 aliphatic carbocycles.